The molecular weight excluding hydrogens is 204 g/mol. The van der Waals surface area contributed by atoms with Crippen LogP contribution in [0, 0.1) is 0 Å². The molecule has 0 rings (SSSR count). The fourth-order valence-electron chi connectivity index (χ4n) is 0.726. The number of rotatable bonds is 4. The monoisotopic (exact) mass is 224 g/mol. The van der Waals surface area contributed by atoms with Crippen LogP contribution in [-0.2, 0) is 8.85 Å². The summed E-state index contributed by atoms with van der Waals surface area (Å²) in [5, 5.41) is 9.39. The molecule has 2 amide bonds. The predicted molar refractivity (Wildman–Crippen MR) is 55.7 cm³/mol. The third kappa shape index (κ3) is 6.84. The zero-order valence-corrected chi connectivity index (χ0v) is 10.1. The number of hydrogen-bond acceptors (Lipinski definition) is 4. The Hall–Kier alpha value is -0.633. The summed E-state index contributed by atoms with van der Waals surface area (Å²) in [6, 6.07) is -0.833. The minimum Gasteiger partial charge on any atom is -0.396 e. The first-order valence-corrected chi connectivity index (χ1v) is 6.56. The largest absolute Gasteiger partial charge is 0.396 e. The van der Waals surface area contributed by atoms with E-state index in [1.165, 1.54) is 0 Å². The molecule has 7 heteroatoms. The Balaban J connectivity index is 0. The molecule has 6 nitrogen and oxygen atoms in total. The van der Waals surface area contributed by atoms with Crippen LogP contribution in [0.25, 0.3) is 0 Å². The van der Waals surface area contributed by atoms with Crippen molar-refractivity contribution in [1.29, 1.82) is 0 Å². The summed E-state index contributed by atoms with van der Waals surface area (Å²) in [7, 11) is 0.911. The lowest BCUT2D eigenvalue weighted by Crippen LogP contribution is -2.48. The molecule has 0 aliphatic heterocycles. The average molecular weight is 224 g/mol. The topological polar surface area (TPSA) is 108 Å². The number of carbonyl (C=O) groups is 1. The van der Waals surface area contributed by atoms with Crippen molar-refractivity contribution in [2.45, 2.75) is 25.6 Å². The van der Waals surface area contributed by atoms with Gasteiger partial charge >= 0.3 is 14.6 Å². The lowest BCUT2D eigenvalue weighted by Gasteiger charge is -2.26. The maximum atomic E-state index is 9.39. The molecule has 0 saturated heterocycles. The van der Waals surface area contributed by atoms with Gasteiger partial charge in [0.25, 0.3) is 0 Å². The maximum Gasteiger partial charge on any atom is 0.364 e. The zero-order chi connectivity index (χ0) is 11.8. The molecule has 0 aromatic carbocycles. The van der Waals surface area contributed by atoms with E-state index in [0.717, 1.165) is 0 Å². The molecule has 0 saturated carbocycles. The first-order chi connectivity index (χ1) is 6.33. The fraction of sp³-hybridized carbons (Fsp3) is 0.857. The highest BCUT2D eigenvalue weighted by Crippen LogP contribution is 2.12. The molecule has 0 bridgehead atoms. The minimum absolute atomic E-state index is 0.428. The number of aliphatic hydroxyl groups excluding tert-OH is 1. The predicted octanol–water partition coefficient (Wildman–Crippen LogP) is -0.315. The van der Waals surface area contributed by atoms with Crippen molar-refractivity contribution in [3.8, 4) is 0 Å². The molecule has 0 fully saturated rings. The Morgan fingerprint density at radius 1 is 1.43 bits per heavy atom. The molecule has 86 valence electrons. The third-order valence-corrected chi connectivity index (χ3v) is 5.04. The Morgan fingerprint density at radius 3 is 1.79 bits per heavy atom. The van der Waals surface area contributed by atoms with Crippen LogP contribution in [-0.4, -0.2) is 39.6 Å². The number of aliphatic hydroxyl groups is 1. The molecule has 0 radical (unpaired) electrons. The van der Waals surface area contributed by atoms with Gasteiger partial charge < -0.3 is 25.4 Å². The number of urea groups is 1. The van der Waals surface area contributed by atoms with Gasteiger partial charge in [-0.2, -0.15) is 0 Å². The Bertz CT molecular complexity index is 160. The summed E-state index contributed by atoms with van der Waals surface area (Å²) in [5.74, 6) is 0. The van der Waals surface area contributed by atoms with Crippen LogP contribution in [0.1, 0.15) is 13.3 Å². The van der Waals surface area contributed by atoms with Gasteiger partial charge in [0.1, 0.15) is 0 Å². The molecule has 0 aliphatic carbocycles. The van der Waals surface area contributed by atoms with E-state index in [2.05, 4.69) is 11.5 Å². The summed E-state index contributed by atoms with van der Waals surface area (Å²) in [6.07, 6.45) is 0.685. The highest BCUT2D eigenvalue weighted by atomic mass is 28.4. The highest BCUT2D eigenvalue weighted by molar-refractivity contribution is 6.67. The van der Waals surface area contributed by atoms with Crippen LogP contribution in [0.15, 0.2) is 0 Å². The van der Waals surface area contributed by atoms with Gasteiger partial charge in [0.05, 0.1) is 5.73 Å². The number of carbonyl (C=O) groups excluding carboxylic acids is 1. The highest BCUT2D eigenvalue weighted by Gasteiger charge is 2.36. The Kier molecular flexibility index (Phi) is 8.75. The van der Waals surface area contributed by atoms with E-state index < -0.39 is 20.3 Å². The van der Waals surface area contributed by atoms with Gasteiger partial charge in [0.2, 0.25) is 0 Å². The number of nitrogens with two attached hydrogens (primary N) is 2. The summed E-state index contributed by atoms with van der Waals surface area (Å²) in [5.41, 5.74) is 8.07. The second kappa shape index (κ2) is 7.74. The van der Waals surface area contributed by atoms with Gasteiger partial charge in [-0.1, -0.05) is 6.92 Å². The lowest BCUT2D eigenvalue weighted by atomic mass is 10.5. The summed E-state index contributed by atoms with van der Waals surface area (Å²) in [4.78, 5) is 9.00. The Morgan fingerprint density at radius 2 is 1.71 bits per heavy atom. The molecule has 14 heavy (non-hydrogen) atoms. The van der Waals surface area contributed by atoms with Crippen LogP contribution in [0.5, 0.6) is 0 Å². The van der Waals surface area contributed by atoms with Crippen LogP contribution >= 0.6 is 0 Å². The smallest absolute Gasteiger partial charge is 0.364 e. The van der Waals surface area contributed by atoms with Gasteiger partial charge in [0.15, 0.2) is 0 Å². The van der Waals surface area contributed by atoms with Gasteiger partial charge in [-0.05, 0) is 13.0 Å². The van der Waals surface area contributed by atoms with E-state index in [9.17, 15) is 5.11 Å². The van der Waals surface area contributed by atoms with Crippen molar-refractivity contribution >= 4 is 14.6 Å². The van der Waals surface area contributed by atoms with Crippen molar-refractivity contribution in [2.24, 2.45) is 11.5 Å². The normalized spacial score (nSPS) is 12.6. The molecule has 0 heterocycles. The third-order valence-electron chi connectivity index (χ3n) is 1.80. The SMILES string of the molecule is CCC(O)[Si](C)(OC)OC.NC(N)=O. The van der Waals surface area contributed by atoms with Gasteiger partial charge in [-0.25, -0.2) is 4.79 Å². The van der Waals surface area contributed by atoms with Gasteiger partial charge in [-0.15, -0.1) is 0 Å². The van der Waals surface area contributed by atoms with E-state index >= 15 is 0 Å². The second-order valence-electron chi connectivity index (χ2n) is 2.75. The average Bonchev–Trinajstić information content (AvgIpc) is 2.14. The van der Waals surface area contributed by atoms with E-state index in [0.29, 0.717) is 6.42 Å². The molecular formula is C7H20N2O4Si. The standard InChI is InChI=1S/C6H16O3Si.CH4N2O/c1-5-6(7)10(4,8-2)9-3;2-1(3)4/h6-7H,5H2,1-4H3;(H4,2,3,4). The van der Waals surface area contributed by atoms with Crippen LogP contribution in [0.4, 0.5) is 4.79 Å². The molecule has 5 N–H and O–H groups in total. The van der Waals surface area contributed by atoms with Crippen LogP contribution in [0.2, 0.25) is 6.55 Å². The molecule has 1 atom stereocenters. The number of amides is 2. The van der Waals surface area contributed by atoms with E-state index in [-0.39, 0.29) is 0 Å². The fourth-order valence-corrected chi connectivity index (χ4v) is 2.18. The lowest BCUT2D eigenvalue weighted by molar-refractivity contribution is 0.142. The quantitative estimate of drug-likeness (QED) is 0.569. The molecule has 0 aromatic heterocycles. The summed E-state index contributed by atoms with van der Waals surface area (Å²) >= 11 is 0. The van der Waals surface area contributed by atoms with E-state index in [1.807, 2.05) is 13.5 Å². The minimum atomic E-state index is -2.25. The maximum absolute atomic E-state index is 9.39. The van der Waals surface area contributed by atoms with Crippen molar-refractivity contribution in [3.63, 3.8) is 0 Å². The summed E-state index contributed by atoms with van der Waals surface area (Å²) < 4.78 is 10.2. The molecule has 0 aliphatic rings. The van der Waals surface area contributed by atoms with Crippen LogP contribution in [0.3, 0.4) is 0 Å². The second-order valence-corrected chi connectivity index (χ2v) is 6.27. The van der Waals surface area contributed by atoms with E-state index in [1.54, 1.807) is 14.2 Å². The molecule has 1 unspecified atom stereocenters. The zero-order valence-electron chi connectivity index (χ0n) is 9.11. The summed E-state index contributed by atoms with van der Waals surface area (Å²) in [6.45, 7) is 3.76. The van der Waals surface area contributed by atoms with Gasteiger partial charge in [0, 0.05) is 14.2 Å². The van der Waals surface area contributed by atoms with Crippen molar-refractivity contribution in [1.82, 2.24) is 0 Å². The molecule has 0 spiro atoms. The number of hydrogen-bond donors (Lipinski definition) is 3. The van der Waals surface area contributed by atoms with Crippen LogP contribution < -0.4 is 11.5 Å². The molecule has 0 aromatic rings. The Labute approximate surface area is 85.4 Å². The first kappa shape index (κ1) is 15.8. The van der Waals surface area contributed by atoms with Crippen molar-refractivity contribution in [3.05, 3.63) is 0 Å². The van der Waals surface area contributed by atoms with Crippen molar-refractivity contribution in [2.75, 3.05) is 14.2 Å². The number of primary amides is 2. The first-order valence-electron chi connectivity index (χ1n) is 4.17. The van der Waals surface area contributed by atoms with Crippen molar-refractivity contribution < 1.29 is 18.8 Å². The van der Waals surface area contributed by atoms with E-state index in [4.69, 9.17) is 13.6 Å². The van der Waals surface area contributed by atoms with Gasteiger partial charge in [-0.3, -0.25) is 0 Å².